The Kier molecular flexibility index (Phi) is 5.92. The smallest absolute Gasteiger partial charge is 0.161 e. The molecule has 0 heterocycles. The molecule has 1 aliphatic rings. The molecule has 1 N–H and O–H groups in total. The van der Waals surface area contributed by atoms with Gasteiger partial charge in [0.25, 0.3) is 0 Å². The molecule has 118 valence electrons. The lowest BCUT2D eigenvalue weighted by atomic mass is 9.86. The molecule has 1 aliphatic carbocycles. The van der Waals surface area contributed by atoms with Gasteiger partial charge in [0.2, 0.25) is 0 Å². The Balaban J connectivity index is 2.09. The van der Waals surface area contributed by atoms with E-state index in [9.17, 15) is 0 Å². The minimum Gasteiger partial charge on any atom is -0.493 e. The van der Waals surface area contributed by atoms with E-state index in [1.807, 2.05) is 6.07 Å². The predicted molar refractivity (Wildman–Crippen MR) is 87.1 cm³/mol. The first-order valence-electron chi connectivity index (χ1n) is 8.15. The molecule has 21 heavy (non-hydrogen) atoms. The van der Waals surface area contributed by atoms with Gasteiger partial charge in [-0.25, -0.2) is 0 Å². The molecule has 0 amide bonds. The second-order valence-electron chi connectivity index (χ2n) is 6.21. The first kappa shape index (κ1) is 16.2. The number of nitrogens with one attached hydrogen (secondary N) is 1. The van der Waals surface area contributed by atoms with Crippen LogP contribution < -0.4 is 14.8 Å². The molecule has 3 nitrogen and oxygen atoms in total. The van der Waals surface area contributed by atoms with Crippen LogP contribution in [-0.2, 0) is 0 Å². The average molecular weight is 291 g/mol. The second-order valence-corrected chi connectivity index (χ2v) is 6.21. The van der Waals surface area contributed by atoms with E-state index >= 15 is 0 Å². The molecule has 0 radical (unpaired) electrons. The highest BCUT2D eigenvalue weighted by Gasteiger charge is 2.22. The Morgan fingerprint density at radius 1 is 1.19 bits per heavy atom. The van der Waals surface area contributed by atoms with E-state index in [0.717, 1.165) is 23.8 Å². The minimum atomic E-state index is 0.389. The van der Waals surface area contributed by atoms with E-state index in [1.54, 1.807) is 14.2 Å². The fraction of sp³-hybridized carbons (Fsp3) is 0.667. The quantitative estimate of drug-likeness (QED) is 0.846. The fourth-order valence-corrected chi connectivity index (χ4v) is 3.39. The predicted octanol–water partition coefficient (Wildman–Crippen LogP) is 4.32. The van der Waals surface area contributed by atoms with E-state index in [0.29, 0.717) is 12.1 Å². The number of methoxy groups -OCH3 is 2. The number of benzene rings is 1. The topological polar surface area (TPSA) is 30.5 Å². The largest absolute Gasteiger partial charge is 0.493 e. The fourth-order valence-electron chi connectivity index (χ4n) is 3.39. The van der Waals surface area contributed by atoms with Crippen molar-refractivity contribution in [3.63, 3.8) is 0 Å². The van der Waals surface area contributed by atoms with Gasteiger partial charge in [-0.1, -0.05) is 32.8 Å². The molecule has 1 saturated carbocycles. The lowest BCUT2D eigenvalue weighted by Gasteiger charge is -2.31. The summed E-state index contributed by atoms with van der Waals surface area (Å²) in [4.78, 5) is 0. The zero-order valence-corrected chi connectivity index (χ0v) is 13.8. The van der Waals surface area contributed by atoms with E-state index < -0.39 is 0 Å². The first-order chi connectivity index (χ1) is 10.2. The number of hydrogen-bond donors (Lipinski definition) is 1. The number of ether oxygens (including phenoxy) is 2. The Morgan fingerprint density at radius 3 is 2.57 bits per heavy atom. The van der Waals surface area contributed by atoms with Gasteiger partial charge in [0.05, 0.1) is 14.2 Å². The van der Waals surface area contributed by atoms with Crippen molar-refractivity contribution in [2.24, 2.45) is 5.92 Å². The first-order valence-corrected chi connectivity index (χ1v) is 8.15. The van der Waals surface area contributed by atoms with Gasteiger partial charge in [-0.15, -0.1) is 0 Å². The van der Waals surface area contributed by atoms with Crippen LogP contribution in [0.25, 0.3) is 0 Å². The Hall–Kier alpha value is -1.22. The van der Waals surface area contributed by atoms with Gasteiger partial charge in [-0.2, -0.15) is 0 Å². The van der Waals surface area contributed by atoms with Crippen LogP contribution in [0.15, 0.2) is 18.2 Å². The van der Waals surface area contributed by atoms with Crippen molar-refractivity contribution in [2.45, 2.75) is 58.0 Å². The molecule has 0 saturated heterocycles. The lowest BCUT2D eigenvalue weighted by molar-refractivity contribution is 0.278. The summed E-state index contributed by atoms with van der Waals surface area (Å²) in [5.74, 6) is 2.45. The second kappa shape index (κ2) is 7.69. The highest BCUT2D eigenvalue weighted by molar-refractivity contribution is 5.43. The van der Waals surface area contributed by atoms with Crippen molar-refractivity contribution in [3.8, 4) is 11.5 Å². The average Bonchev–Trinajstić information content (AvgIpc) is 2.52. The van der Waals surface area contributed by atoms with E-state index in [2.05, 4.69) is 31.3 Å². The standard InChI is InChI=1S/C18H29NO2/c1-5-16(19-15-8-6-7-13(2)11-15)14-9-10-17(20-3)18(12-14)21-4/h9-10,12-13,15-16,19H,5-8,11H2,1-4H3. The van der Waals surface area contributed by atoms with Gasteiger partial charge in [0, 0.05) is 12.1 Å². The molecule has 3 heteroatoms. The van der Waals surface area contributed by atoms with Crippen molar-refractivity contribution >= 4 is 0 Å². The lowest BCUT2D eigenvalue weighted by Crippen LogP contribution is -2.36. The third-order valence-corrected chi connectivity index (χ3v) is 4.59. The van der Waals surface area contributed by atoms with Crippen LogP contribution in [0.2, 0.25) is 0 Å². The number of hydrogen-bond acceptors (Lipinski definition) is 3. The van der Waals surface area contributed by atoms with Crippen LogP contribution in [0.3, 0.4) is 0 Å². The SMILES string of the molecule is CCC(NC1CCCC(C)C1)c1ccc(OC)c(OC)c1. The Bertz CT molecular complexity index is 447. The summed E-state index contributed by atoms with van der Waals surface area (Å²) in [5, 5.41) is 3.84. The van der Waals surface area contributed by atoms with Gasteiger partial charge in [-0.05, 0) is 42.9 Å². The van der Waals surface area contributed by atoms with Gasteiger partial charge < -0.3 is 14.8 Å². The summed E-state index contributed by atoms with van der Waals surface area (Å²) in [6.07, 6.45) is 6.41. The van der Waals surface area contributed by atoms with Crippen LogP contribution in [0.5, 0.6) is 11.5 Å². The van der Waals surface area contributed by atoms with Crippen LogP contribution in [0.4, 0.5) is 0 Å². The zero-order chi connectivity index (χ0) is 15.2. The summed E-state index contributed by atoms with van der Waals surface area (Å²) < 4.78 is 10.7. The monoisotopic (exact) mass is 291 g/mol. The van der Waals surface area contributed by atoms with Crippen LogP contribution in [0, 0.1) is 5.92 Å². The molecular weight excluding hydrogens is 262 g/mol. The molecule has 0 aliphatic heterocycles. The summed E-state index contributed by atoms with van der Waals surface area (Å²) in [5.41, 5.74) is 1.29. The zero-order valence-electron chi connectivity index (χ0n) is 13.8. The van der Waals surface area contributed by atoms with Crippen molar-refractivity contribution < 1.29 is 9.47 Å². The number of rotatable bonds is 6. The van der Waals surface area contributed by atoms with Gasteiger partial charge in [-0.3, -0.25) is 0 Å². The minimum absolute atomic E-state index is 0.389. The van der Waals surface area contributed by atoms with E-state index in [4.69, 9.17) is 9.47 Å². The summed E-state index contributed by atoms with van der Waals surface area (Å²) >= 11 is 0. The maximum Gasteiger partial charge on any atom is 0.161 e. The van der Waals surface area contributed by atoms with Gasteiger partial charge in [0.1, 0.15) is 0 Å². The van der Waals surface area contributed by atoms with E-state index in [1.165, 1.54) is 31.2 Å². The molecule has 0 spiro atoms. The molecule has 1 aromatic carbocycles. The maximum absolute atomic E-state index is 5.43. The Labute approximate surface area is 129 Å². The van der Waals surface area contributed by atoms with Gasteiger partial charge >= 0.3 is 0 Å². The highest BCUT2D eigenvalue weighted by atomic mass is 16.5. The Morgan fingerprint density at radius 2 is 1.95 bits per heavy atom. The summed E-state index contributed by atoms with van der Waals surface area (Å²) in [6, 6.07) is 7.29. The normalized spacial score (nSPS) is 23.6. The third kappa shape index (κ3) is 4.13. The van der Waals surface area contributed by atoms with E-state index in [-0.39, 0.29) is 0 Å². The van der Waals surface area contributed by atoms with Crippen molar-refractivity contribution in [2.75, 3.05) is 14.2 Å². The molecule has 0 aromatic heterocycles. The molecule has 3 unspecified atom stereocenters. The van der Waals surface area contributed by atoms with Crippen LogP contribution >= 0.6 is 0 Å². The molecule has 2 rings (SSSR count). The maximum atomic E-state index is 5.43. The summed E-state index contributed by atoms with van der Waals surface area (Å²) in [6.45, 7) is 4.60. The molecule has 0 bridgehead atoms. The third-order valence-electron chi connectivity index (χ3n) is 4.59. The molecule has 1 aromatic rings. The van der Waals surface area contributed by atoms with Crippen molar-refractivity contribution in [1.29, 1.82) is 0 Å². The summed E-state index contributed by atoms with van der Waals surface area (Å²) in [7, 11) is 3.37. The molecular formula is C18H29NO2. The highest BCUT2D eigenvalue weighted by Crippen LogP contribution is 2.32. The molecule has 3 atom stereocenters. The molecule has 1 fully saturated rings. The van der Waals surface area contributed by atoms with Crippen molar-refractivity contribution in [1.82, 2.24) is 5.32 Å². The van der Waals surface area contributed by atoms with Crippen LogP contribution in [-0.4, -0.2) is 20.3 Å². The van der Waals surface area contributed by atoms with Crippen molar-refractivity contribution in [3.05, 3.63) is 23.8 Å². The van der Waals surface area contributed by atoms with Crippen LogP contribution in [0.1, 0.15) is 57.6 Å². The van der Waals surface area contributed by atoms with Gasteiger partial charge in [0.15, 0.2) is 11.5 Å².